The zero-order valence-electron chi connectivity index (χ0n) is 15.7. The number of amides is 1. The fourth-order valence-electron chi connectivity index (χ4n) is 2.75. The minimum absolute atomic E-state index is 0.135. The summed E-state index contributed by atoms with van der Waals surface area (Å²) in [5.74, 6) is -0.281. The predicted octanol–water partition coefficient (Wildman–Crippen LogP) is 2.80. The van der Waals surface area contributed by atoms with E-state index in [9.17, 15) is 23.3 Å². The van der Waals surface area contributed by atoms with Gasteiger partial charge in [0.15, 0.2) is 9.84 Å². The van der Waals surface area contributed by atoms with Gasteiger partial charge in [-0.05, 0) is 18.6 Å². The third-order valence-corrected chi connectivity index (χ3v) is 5.20. The van der Waals surface area contributed by atoms with E-state index >= 15 is 0 Å². The van der Waals surface area contributed by atoms with Crippen LogP contribution in [0.3, 0.4) is 0 Å². The van der Waals surface area contributed by atoms with Gasteiger partial charge in [0.05, 0.1) is 22.1 Å². The summed E-state index contributed by atoms with van der Waals surface area (Å²) in [7, 11) is -3.73. The Hall–Kier alpha value is -3.53. The van der Waals surface area contributed by atoms with Gasteiger partial charge in [0.1, 0.15) is 5.82 Å². The molecule has 0 radical (unpaired) electrons. The first-order chi connectivity index (χ1) is 13.6. The monoisotopic (exact) mass is 414 g/mol. The Morgan fingerprint density at radius 3 is 2.48 bits per heavy atom. The average molecular weight is 414 g/mol. The second-order valence-corrected chi connectivity index (χ2v) is 8.53. The summed E-state index contributed by atoms with van der Waals surface area (Å²) in [6.07, 6.45) is 0.923. The Labute approximate surface area is 167 Å². The molecule has 29 heavy (non-hydrogen) atoms. The maximum atomic E-state index is 12.7. The van der Waals surface area contributed by atoms with E-state index in [1.165, 1.54) is 0 Å². The molecule has 0 aliphatic heterocycles. The van der Waals surface area contributed by atoms with E-state index in [0.29, 0.717) is 18.1 Å². The summed E-state index contributed by atoms with van der Waals surface area (Å²) in [6, 6.07) is 14.2. The molecule has 0 spiro atoms. The van der Waals surface area contributed by atoms with Crippen molar-refractivity contribution in [2.75, 3.05) is 11.6 Å². The number of nitro groups is 1. The van der Waals surface area contributed by atoms with Crippen molar-refractivity contribution in [1.82, 2.24) is 9.78 Å². The van der Waals surface area contributed by atoms with Crippen molar-refractivity contribution in [1.29, 1.82) is 0 Å². The molecule has 0 unspecified atom stereocenters. The highest BCUT2D eigenvalue weighted by Gasteiger charge is 2.20. The lowest BCUT2D eigenvalue weighted by molar-refractivity contribution is -0.385. The van der Waals surface area contributed by atoms with E-state index in [1.54, 1.807) is 17.7 Å². The second kappa shape index (κ2) is 7.84. The van der Waals surface area contributed by atoms with E-state index in [4.69, 9.17) is 0 Å². The maximum absolute atomic E-state index is 12.7. The van der Waals surface area contributed by atoms with E-state index in [-0.39, 0.29) is 10.5 Å². The molecule has 1 N–H and O–H groups in total. The molecule has 9 nitrogen and oxygen atoms in total. The first-order valence-electron chi connectivity index (χ1n) is 8.53. The van der Waals surface area contributed by atoms with E-state index in [1.807, 2.05) is 30.3 Å². The van der Waals surface area contributed by atoms with Crippen molar-refractivity contribution in [2.24, 2.45) is 0 Å². The molecule has 2 aromatic carbocycles. The average Bonchev–Trinajstić information content (AvgIpc) is 3.00. The van der Waals surface area contributed by atoms with Crippen LogP contribution in [0.1, 0.15) is 21.6 Å². The SMILES string of the molecule is Cc1cc(NC(=O)c2cc([N+](=O)[O-])cc(S(C)(=O)=O)c2)n(Cc2ccccc2)n1. The van der Waals surface area contributed by atoms with Crippen molar-refractivity contribution < 1.29 is 18.1 Å². The second-order valence-electron chi connectivity index (χ2n) is 6.51. The number of nitrogens with one attached hydrogen (secondary N) is 1. The topological polar surface area (TPSA) is 124 Å². The fraction of sp³-hybridized carbons (Fsp3) is 0.158. The lowest BCUT2D eigenvalue weighted by Crippen LogP contribution is -2.17. The molecule has 0 bridgehead atoms. The number of hydrogen-bond acceptors (Lipinski definition) is 6. The van der Waals surface area contributed by atoms with Gasteiger partial charge in [0.25, 0.3) is 11.6 Å². The van der Waals surface area contributed by atoms with Gasteiger partial charge >= 0.3 is 0 Å². The Balaban J connectivity index is 1.93. The summed E-state index contributed by atoms with van der Waals surface area (Å²) in [5, 5.41) is 18.1. The molecule has 0 fully saturated rings. The van der Waals surface area contributed by atoms with Gasteiger partial charge in [-0.25, -0.2) is 13.1 Å². The Bertz CT molecular complexity index is 1190. The number of aryl methyl sites for hydroxylation is 1. The summed E-state index contributed by atoms with van der Waals surface area (Å²) >= 11 is 0. The van der Waals surface area contributed by atoms with Gasteiger partial charge in [0.2, 0.25) is 0 Å². The summed E-state index contributed by atoms with van der Waals surface area (Å²) < 4.78 is 25.3. The molecule has 0 aliphatic rings. The van der Waals surface area contributed by atoms with Crippen molar-refractivity contribution in [2.45, 2.75) is 18.4 Å². The number of nitrogens with zero attached hydrogens (tertiary/aromatic N) is 3. The van der Waals surface area contributed by atoms with E-state index in [0.717, 1.165) is 30.0 Å². The van der Waals surface area contributed by atoms with Crippen molar-refractivity contribution in [3.8, 4) is 0 Å². The van der Waals surface area contributed by atoms with Crippen LogP contribution in [0.25, 0.3) is 0 Å². The van der Waals surface area contributed by atoms with Crippen LogP contribution in [0.4, 0.5) is 11.5 Å². The number of carbonyl (C=O) groups is 1. The number of non-ortho nitro benzene ring substituents is 1. The van der Waals surface area contributed by atoms with Gasteiger partial charge in [0, 0.05) is 30.0 Å². The van der Waals surface area contributed by atoms with Crippen LogP contribution in [0.15, 0.2) is 59.5 Å². The fourth-order valence-corrected chi connectivity index (χ4v) is 3.42. The standard InChI is InChI=1S/C19H18N4O5S/c1-13-8-18(22(21-13)12-14-6-4-3-5-7-14)20-19(24)15-9-16(23(25)26)11-17(10-15)29(2,27)28/h3-11H,12H2,1-2H3,(H,20,24). The molecule has 0 atom stereocenters. The maximum Gasteiger partial charge on any atom is 0.271 e. The first kappa shape index (κ1) is 20.2. The highest BCUT2D eigenvalue weighted by atomic mass is 32.2. The minimum atomic E-state index is -3.73. The summed E-state index contributed by atoms with van der Waals surface area (Å²) in [6.45, 7) is 2.18. The number of aromatic nitrogens is 2. The lowest BCUT2D eigenvalue weighted by Gasteiger charge is -2.10. The van der Waals surface area contributed by atoms with Crippen LogP contribution in [0.5, 0.6) is 0 Å². The van der Waals surface area contributed by atoms with Gasteiger partial charge in [-0.15, -0.1) is 0 Å². The lowest BCUT2D eigenvalue weighted by atomic mass is 10.2. The smallest absolute Gasteiger partial charge is 0.271 e. The van der Waals surface area contributed by atoms with Gasteiger partial charge in [-0.2, -0.15) is 5.10 Å². The van der Waals surface area contributed by atoms with Crippen LogP contribution in [0, 0.1) is 17.0 Å². The number of benzene rings is 2. The quantitative estimate of drug-likeness (QED) is 0.488. The number of anilines is 1. The predicted molar refractivity (Wildman–Crippen MR) is 107 cm³/mol. The molecule has 10 heteroatoms. The highest BCUT2D eigenvalue weighted by molar-refractivity contribution is 7.90. The molecular formula is C19H18N4O5S. The normalized spacial score (nSPS) is 11.2. The largest absolute Gasteiger partial charge is 0.307 e. The molecule has 1 heterocycles. The Morgan fingerprint density at radius 1 is 1.17 bits per heavy atom. The third-order valence-electron chi connectivity index (χ3n) is 4.11. The Kier molecular flexibility index (Phi) is 5.46. The number of carbonyl (C=O) groups excluding carboxylic acids is 1. The minimum Gasteiger partial charge on any atom is -0.307 e. The molecule has 150 valence electrons. The Morgan fingerprint density at radius 2 is 1.86 bits per heavy atom. The zero-order valence-corrected chi connectivity index (χ0v) is 16.5. The summed E-state index contributed by atoms with van der Waals surface area (Å²) in [5.41, 5.74) is 1.03. The molecule has 1 aromatic heterocycles. The number of sulfone groups is 1. The van der Waals surface area contributed by atoms with E-state index < -0.39 is 26.4 Å². The van der Waals surface area contributed by atoms with Gasteiger partial charge < -0.3 is 5.32 Å². The molecule has 0 aliphatic carbocycles. The number of hydrogen-bond donors (Lipinski definition) is 1. The van der Waals surface area contributed by atoms with Crippen molar-refractivity contribution in [3.05, 3.63) is 81.5 Å². The third kappa shape index (κ3) is 4.85. The number of nitro benzene ring substituents is 1. The molecule has 0 saturated heterocycles. The molecule has 3 rings (SSSR count). The van der Waals surface area contributed by atoms with Crippen LogP contribution < -0.4 is 5.32 Å². The van der Waals surface area contributed by atoms with Crippen LogP contribution in [-0.4, -0.2) is 35.3 Å². The van der Waals surface area contributed by atoms with E-state index in [2.05, 4.69) is 10.4 Å². The van der Waals surface area contributed by atoms with Crippen molar-refractivity contribution in [3.63, 3.8) is 0 Å². The first-order valence-corrected chi connectivity index (χ1v) is 10.4. The van der Waals surface area contributed by atoms with Crippen LogP contribution in [0.2, 0.25) is 0 Å². The van der Waals surface area contributed by atoms with Crippen LogP contribution in [-0.2, 0) is 16.4 Å². The van der Waals surface area contributed by atoms with Crippen LogP contribution >= 0.6 is 0 Å². The van der Waals surface area contributed by atoms with Crippen molar-refractivity contribution >= 4 is 27.2 Å². The molecule has 3 aromatic rings. The molecule has 1 amide bonds. The van der Waals surface area contributed by atoms with Gasteiger partial charge in [-0.3, -0.25) is 14.9 Å². The zero-order chi connectivity index (χ0) is 21.2. The van der Waals surface area contributed by atoms with Gasteiger partial charge in [-0.1, -0.05) is 30.3 Å². The highest BCUT2D eigenvalue weighted by Crippen LogP contribution is 2.22. The number of rotatable bonds is 6. The molecule has 0 saturated carbocycles. The summed E-state index contributed by atoms with van der Waals surface area (Å²) in [4.78, 5) is 22.8. The molecular weight excluding hydrogens is 396 g/mol.